The highest BCUT2D eigenvalue weighted by Crippen LogP contribution is 2.43. The lowest BCUT2D eigenvalue weighted by Gasteiger charge is -2.26. The number of carbonyl (C=O) groups excluding carboxylic acids is 1. The summed E-state index contributed by atoms with van der Waals surface area (Å²) >= 11 is 0. The number of nitrogens with zero attached hydrogens (tertiary/aromatic N) is 2. The van der Waals surface area contributed by atoms with Gasteiger partial charge in [0.05, 0.1) is 10.9 Å². The monoisotopic (exact) mass is 491 g/mol. The summed E-state index contributed by atoms with van der Waals surface area (Å²) in [6, 6.07) is 20.2. The topological polar surface area (TPSA) is 71.4 Å². The molecule has 1 aromatic heterocycles. The molecule has 1 aliphatic heterocycles. The van der Waals surface area contributed by atoms with E-state index >= 15 is 0 Å². The average molecular weight is 492 g/mol. The van der Waals surface area contributed by atoms with Crippen LogP contribution in [-0.4, -0.2) is 23.8 Å². The van der Waals surface area contributed by atoms with Crippen LogP contribution in [0.4, 0.5) is 10.2 Å². The van der Waals surface area contributed by atoms with Gasteiger partial charge in [-0.2, -0.15) is 0 Å². The van der Waals surface area contributed by atoms with Crippen molar-refractivity contribution in [3.05, 3.63) is 95.3 Å². The molecule has 1 amide bonds. The zero-order valence-corrected chi connectivity index (χ0v) is 20.3. The molecule has 3 aromatic carbocycles. The number of carbonyl (C=O) groups is 1. The van der Waals surface area contributed by atoms with Gasteiger partial charge in [0.15, 0.2) is 0 Å². The van der Waals surface area contributed by atoms with E-state index in [0.717, 1.165) is 27.6 Å². The van der Waals surface area contributed by atoms with Crippen molar-refractivity contribution >= 4 is 32.7 Å². The van der Waals surface area contributed by atoms with E-state index < -0.39 is 10.0 Å². The quantitative estimate of drug-likeness (QED) is 0.398. The van der Waals surface area contributed by atoms with Crippen molar-refractivity contribution in [3.8, 4) is 0 Å². The second-order valence-electron chi connectivity index (χ2n) is 8.96. The predicted octanol–water partition coefficient (Wildman–Crippen LogP) is 5.29. The van der Waals surface area contributed by atoms with Crippen LogP contribution in [0.5, 0.6) is 0 Å². The normalized spacial score (nSPS) is 16.3. The van der Waals surface area contributed by atoms with Gasteiger partial charge < -0.3 is 9.47 Å². The highest BCUT2D eigenvalue weighted by molar-refractivity contribution is 7.92. The van der Waals surface area contributed by atoms with Gasteiger partial charge in [-0.15, -0.1) is 0 Å². The number of likely N-dealkylation sites (tertiary alicyclic amines) is 1. The lowest BCUT2D eigenvalue weighted by atomic mass is 10.0. The van der Waals surface area contributed by atoms with E-state index in [0.29, 0.717) is 25.2 Å². The summed E-state index contributed by atoms with van der Waals surface area (Å²) in [4.78, 5) is 14.9. The SMILES string of the molecule is Cc1ccc(S(=O)(=O)Nc2c([C@@H]3CCC(=O)N3Cc3ccc(F)cc3)c3ccccc3n2C)cc1. The Bertz CT molecular complexity index is 1510. The summed E-state index contributed by atoms with van der Waals surface area (Å²) in [5.41, 5.74) is 3.42. The molecule has 2 heterocycles. The Hall–Kier alpha value is -3.65. The highest BCUT2D eigenvalue weighted by atomic mass is 32.2. The standard InChI is InChI=1S/C27H26FN3O3S/c1-18-7-13-21(14-8-18)35(33,34)29-27-26(22-5-3-4-6-23(22)30(27)2)24-15-16-25(32)31(24)17-19-9-11-20(28)12-10-19/h3-14,24,29H,15-17H2,1-2H3/t24-/m0/s1. The van der Waals surface area contributed by atoms with E-state index in [1.807, 2.05) is 42.8 Å². The van der Waals surface area contributed by atoms with E-state index in [4.69, 9.17) is 0 Å². The molecule has 0 bridgehead atoms. The largest absolute Gasteiger partial charge is 0.331 e. The molecule has 5 rings (SSSR count). The van der Waals surface area contributed by atoms with Gasteiger partial charge in [-0.25, -0.2) is 12.8 Å². The number of para-hydroxylation sites is 1. The first-order chi connectivity index (χ1) is 16.7. The Morgan fingerprint density at radius 3 is 2.40 bits per heavy atom. The van der Waals surface area contributed by atoms with Crippen molar-refractivity contribution < 1.29 is 17.6 Å². The Kier molecular flexibility index (Phi) is 5.84. The molecule has 6 nitrogen and oxygen atoms in total. The maximum atomic E-state index is 13.4. The molecule has 1 N–H and O–H groups in total. The van der Waals surface area contributed by atoms with Gasteiger partial charge in [0.25, 0.3) is 10.0 Å². The van der Waals surface area contributed by atoms with E-state index in [-0.39, 0.29) is 22.7 Å². The number of aromatic nitrogens is 1. The smallest absolute Gasteiger partial charge is 0.263 e. The van der Waals surface area contributed by atoms with Crippen molar-refractivity contribution in [2.24, 2.45) is 7.05 Å². The maximum Gasteiger partial charge on any atom is 0.263 e. The molecule has 0 radical (unpaired) electrons. The fourth-order valence-corrected chi connectivity index (χ4v) is 5.92. The van der Waals surface area contributed by atoms with Crippen molar-refractivity contribution in [2.45, 2.75) is 37.2 Å². The Labute approximate surface area is 204 Å². The van der Waals surface area contributed by atoms with Crippen LogP contribution in [0.25, 0.3) is 10.9 Å². The van der Waals surface area contributed by atoms with Crippen molar-refractivity contribution in [2.75, 3.05) is 4.72 Å². The third-order valence-corrected chi connectivity index (χ3v) is 7.99. The van der Waals surface area contributed by atoms with Gasteiger partial charge in [-0.3, -0.25) is 9.52 Å². The maximum absolute atomic E-state index is 13.4. The number of aryl methyl sites for hydroxylation is 2. The van der Waals surface area contributed by atoms with Gasteiger partial charge in [0.2, 0.25) is 5.91 Å². The van der Waals surface area contributed by atoms with Crippen LogP contribution >= 0.6 is 0 Å². The number of halogens is 1. The minimum atomic E-state index is -3.86. The molecule has 1 atom stereocenters. The molecule has 0 saturated carbocycles. The highest BCUT2D eigenvalue weighted by Gasteiger charge is 2.37. The molecule has 1 fully saturated rings. The number of hydrogen-bond acceptors (Lipinski definition) is 3. The van der Waals surface area contributed by atoms with Crippen molar-refractivity contribution in [1.29, 1.82) is 0 Å². The number of anilines is 1. The first-order valence-corrected chi connectivity index (χ1v) is 12.9. The number of amides is 1. The number of hydrogen-bond donors (Lipinski definition) is 1. The van der Waals surface area contributed by atoms with Gasteiger partial charge in [0.1, 0.15) is 11.6 Å². The summed E-state index contributed by atoms with van der Waals surface area (Å²) in [6.07, 6.45) is 0.923. The summed E-state index contributed by atoms with van der Waals surface area (Å²) < 4.78 is 44.7. The molecule has 8 heteroatoms. The van der Waals surface area contributed by atoms with E-state index in [1.54, 1.807) is 41.3 Å². The van der Waals surface area contributed by atoms with Crippen molar-refractivity contribution in [1.82, 2.24) is 9.47 Å². The lowest BCUT2D eigenvalue weighted by Crippen LogP contribution is -2.28. The van der Waals surface area contributed by atoms with Gasteiger partial charge in [-0.1, -0.05) is 48.0 Å². The van der Waals surface area contributed by atoms with Gasteiger partial charge >= 0.3 is 0 Å². The fraction of sp³-hybridized carbons (Fsp3) is 0.222. The molecule has 35 heavy (non-hydrogen) atoms. The van der Waals surface area contributed by atoms with Crippen LogP contribution in [0.15, 0.2) is 77.7 Å². The lowest BCUT2D eigenvalue weighted by molar-refractivity contribution is -0.129. The zero-order chi connectivity index (χ0) is 24.7. The third-order valence-electron chi connectivity index (χ3n) is 6.64. The number of fused-ring (bicyclic) bond motifs is 1. The van der Waals surface area contributed by atoms with E-state index in [2.05, 4.69) is 4.72 Å². The summed E-state index contributed by atoms with van der Waals surface area (Å²) in [5.74, 6) is 0.0927. The number of rotatable bonds is 6. The summed E-state index contributed by atoms with van der Waals surface area (Å²) in [7, 11) is -2.04. The number of nitrogens with one attached hydrogen (secondary N) is 1. The van der Waals surface area contributed by atoms with Gasteiger partial charge in [0, 0.05) is 36.5 Å². The molecular weight excluding hydrogens is 465 g/mol. The minimum Gasteiger partial charge on any atom is -0.331 e. The first kappa shape index (κ1) is 23.1. The van der Waals surface area contributed by atoms with Crippen LogP contribution in [0, 0.1) is 12.7 Å². The van der Waals surface area contributed by atoms with Crippen LogP contribution in [0.2, 0.25) is 0 Å². The summed E-state index contributed by atoms with van der Waals surface area (Å²) in [6.45, 7) is 2.22. The molecule has 180 valence electrons. The van der Waals surface area contributed by atoms with Crippen LogP contribution in [-0.2, 0) is 28.4 Å². The van der Waals surface area contributed by atoms with E-state index in [1.165, 1.54) is 12.1 Å². The third kappa shape index (κ3) is 4.30. The summed E-state index contributed by atoms with van der Waals surface area (Å²) in [5, 5.41) is 0.889. The van der Waals surface area contributed by atoms with Crippen LogP contribution < -0.4 is 4.72 Å². The fourth-order valence-electron chi connectivity index (χ4n) is 4.81. The predicted molar refractivity (Wildman–Crippen MR) is 134 cm³/mol. The number of sulfonamides is 1. The molecule has 0 unspecified atom stereocenters. The Morgan fingerprint density at radius 1 is 1.00 bits per heavy atom. The zero-order valence-electron chi connectivity index (χ0n) is 19.5. The van der Waals surface area contributed by atoms with Crippen LogP contribution in [0.1, 0.15) is 35.6 Å². The molecule has 0 aliphatic carbocycles. The average Bonchev–Trinajstić information content (AvgIpc) is 3.32. The molecular formula is C27H26FN3O3S. The molecule has 1 aliphatic rings. The molecule has 4 aromatic rings. The second-order valence-corrected chi connectivity index (χ2v) is 10.6. The molecule has 0 spiro atoms. The van der Waals surface area contributed by atoms with Crippen LogP contribution in [0.3, 0.4) is 0 Å². The Morgan fingerprint density at radius 2 is 1.69 bits per heavy atom. The second kappa shape index (κ2) is 8.85. The molecule has 1 saturated heterocycles. The van der Waals surface area contributed by atoms with Crippen molar-refractivity contribution in [3.63, 3.8) is 0 Å². The Balaban J connectivity index is 1.60. The first-order valence-electron chi connectivity index (χ1n) is 11.5. The van der Waals surface area contributed by atoms with E-state index in [9.17, 15) is 17.6 Å². The number of benzene rings is 3. The minimum absolute atomic E-state index is 0.0143. The van der Waals surface area contributed by atoms with Gasteiger partial charge in [-0.05, 0) is 49.2 Å².